The van der Waals surface area contributed by atoms with Crippen molar-refractivity contribution < 1.29 is 9.90 Å². The molecule has 1 rings (SSSR count). The van der Waals surface area contributed by atoms with Gasteiger partial charge in [-0.1, -0.05) is 37.3 Å². The Balaban J connectivity index is 2.65. The molecule has 0 saturated heterocycles. The molecule has 0 aliphatic heterocycles. The molecule has 0 radical (unpaired) electrons. The average Bonchev–Trinajstić information content (AvgIpc) is 2.31. The molecule has 2 N–H and O–H groups in total. The number of aliphatic hydroxyl groups is 1. The number of benzene rings is 1. The lowest BCUT2D eigenvalue weighted by Crippen LogP contribution is -2.36. The van der Waals surface area contributed by atoms with Crippen molar-refractivity contribution in [3.63, 3.8) is 0 Å². The third-order valence-electron chi connectivity index (χ3n) is 2.88. The number of hydrogen-bond acceptors (Lipinski definition) is 2. The van der Waals surface area contributed by atoms with Crippen molar-refractivity contribution in [2.24, 2.45) is 0 Å². The number of aliphatic hydroxyl groups excluding tert-OH is 1. The largest absolute Gasteiger partial charge is 0.396 e. The lowest BCUT2D eigenvalue weighted by Gasteiger charge is -2.19. The number of amides is 1. The third kappa shape index (κ3) is 4.19. The van der Waals surface area contributed by atoms with Crippen molar-refractivity contribution in [2.75, 3.05) is 6.61 Å². The van der Waals surface area contributed by atoms with Crippen LogP contribution in [0.1, 0.15) is 38.2 Å². The fraction of sp³-hybridized carbons (Fsp3) is 0.500. The van der Waals surface area contributed by atoms with E-state index < -0.39 is 0 Å². The topological polar surface area (TPSA) is 49.3 Å². The van der Waals surface area contributed by atoms with Crippen molar-refractivity contribution in [1.82, 2.24) is 5.32 Å². The highest BCUT2D eigenvalue weighted by molar-refractivity contribution is 5.83. The van der Waals surface area contributed by atoms with Crippen molar-refractivity contribution in [2.45, 2.75) is 38.6 Å². The molecule has 2 unspecified atom stereocenters. The highest BCUT2D eigenvalue weighted by Crippen LogP contribution is 2.19. The number of rotatable bonds is 6. The molecule has 0 aliphatic rings. The average molecular weight is 235 g/mol. The van der Waals surface area contributed by atoms with E-state index >= 15 is 0 Å². The van der Waals surface area contributed by atoms with E-state index in [1.165, 1.54) is 0 Å². The Bertz CT molecular complexity index is 337. The summed E-state index contributed by atoms with van der Waals surface area (Å²) in [7, 11) is 0. The first kappa shape index (κ1) is 13.7. The SMILES string of the molecule is CCC(C(=O)NC(C)CCO)c1ccccc1. The Morgan fingerprint density at radius 1 is 1.35 bits per heavy atom. The molecule has 1 amide bonds. The molecule has 1 aromatic rings. The lowest BCUT2D eigenvalue weighted by atomic mass is 9.95. The first-order valence-corrected chi connectivity index (χ1v) is 6.15. The van der Waals surface area contributed by atoms with E-state index in [1.54, 1.807) is 0 Å². The van der Waals surface area contributed by atoms with Crippen molar-refractivity contribution in [1.29, 1.82) is 0 Å². The Morgan fingerprint density at radius 2 is 2.00 bits per heavy atom. The van der Waals surface area contributed by atoms with Gasteiger partial charge in [0.1, 0.15) is 0 Å². The zero-order valence-corrected chi connectivity index (χ0v) is 10.5. The Labute approximate surface area is 103 Å². The van der Waals surface area contributed by atoms with Gasteiger partial charge in [-0.05, 0) is 25.3 Å². The fourth-order valence-corrected chi connectivity index (χ4v) is 1.87. The zero-order valence-electron chi connectivity index (χ0n) is 10.5. The number of hydrogen-bond donors (Lipinski definition) is 2. The first-order valence-electron chi connectivity index (χ1n) is 6.15. The van der Waals surface area contributed by atoms with Crippen LogP contribution in [0.5, 0.6) is 0 Å². The fourth-order valence-electron chi connectivity index (χ4n) is 1.87. The van der Waals surface area contributed by atoms with Gasteiger partial charge in [-0.15, -0.1) is 0 Å². The van der Waals surface area contributed by atoms with Gasteiger partial charge in [-0.25, -0.2) is 0 Å². The number of nitrogens with one attached hydrogen (secondary N) is 1. The molecule has 0 heterocycles. The van der Waals surface area contributed by atoms with E-state index in [0.717, 1.165) is 12.0 Å². The molecule has 1 aromatic carbocycles. The van der Waals surface area contributed by atoms with E-state index in [-0.39, 0.29) is 24.5 Å². The van der Waals surface area contributed by atoms with Gasteiger partial charge < -0.3 is 10.4 Å². The highest BCUT2D eigenvalue weighted by Gasteiger charge is 2.19. The van der Waals surface area contributed by atoms with Crippen LogP contribution in [-0.4, -0.2) is 23.7 Å². The van der Waals surface area contributed by atoms with E-state index in [9.17, 15) is 4.79 Å². The molecule has 0 saturated carbocycles. The quantitative estimate of drug-likeness (QED) is 0.793. The van der Waals surface area contributed by atoms with Crippen LogP contribution < -0.4 is 5.32 Å². The van der Waals surface area contributed by atoms with Gasteiger partial charge >= 0.3 is 0 Å². The molecule has 0 aromatic heterocycles. The van der Waals surface area contributed by atoms with E-state index in [0.29, 0.717) is 6.42 Å². The first-order chi connectivity index (χ1) is 8.19. The number of carbonyl (C=O) groups excluding carboxylic acids is 1. The molecule has 0 bridgehead atoms. The molecule has 0 aliphatic carbocycles. The number of carbonyl (C=O) groups is 1. The zero-order chi connectivity index (χ0) is 12.7. The minimum atomic E-state index is -0.0997. The minimum absolute atomic E-state index is 0.0188. The molecule has 0 spiro atoms. The Hall–Kier alpha value is -1.35. The Morgan fingerprint density at radius 3 is 2.53 bits per heavy atom. The van der Waals surface area contributed by atoms with Gasteiger partial charge in [0, 0.05) is 12.6 Å². The van der Waals surface area contributed by atoms with E-state index in [2.05, 4.69) is 5.32 Å². The van der Waals surface area contributed by atoms with Crippen molar-refractivity contribution >= 4 is 5.91 Å². The third-order valence-corrected chi connectivity index (χ3v) is 2.88. The summed E-state index contributed by atoms with van der Waals surface area (Å²) in [6.07, 6.45) is 1.37. The maximum Gasteiger partial charge on any atom is 0.227 e. The molecule has 3 nitrogen and oxygen atoms in total. The van der Waals surface area contributed by atoms with E-state index in [1.807, 2.05) is 44.2 Å². The van der Waals surface area contributed by atoms with Crippen LogP contribution in [0.25, 0.3) is 0 Å². The van der Waals surface area contributed by atoms with Gasteiger partial charge in [0.2, 0.25) is 5.91 Å². The molecule has 2 atom stereocenters. The molecule has 0 fully saturated rings. The summed E-state index contributed by atoms with van der Waals surface area (Å²) in [5.74, 6) is -0.0583. The monoisotopic (exact) mass is 235 g/mol. The van der Waals surface area contributed by atoms with Gasteiger partial charge in [-0.3, -0.25) is 4.79 Å². The molecular weight excluding hydrogens is 214 g/mol. The summed E-state index contributed by atoms with van der Waals surface area (Å²) in [6.45, 7) is 4.02. The summed E-state index contributed by atoms with van der Waals surface area (Å²) in [5, 5.41) is 11.7. The lowest BCUT2D eigenvalue weighted by molar-refractivity contribution is -0.123. The van der Waals surface area contributed by atoms with Crippen LogP contribution in [0.2, 0.25) is 0 Å². The molecule has 17 heavy (non-hydrogen) atoms. The van der Waals surface area contributed by atoms with Gasteiger partial charge in [-0.2, -0.15) is 0 Å². The maximum absolute atomic E-state index is 12.1. The van der Waals surface area contributed by atoms with Crippen molar-refractivity contribution in [3.05, 3.63) is 35.9 Å². The summed E-state index contributed by atoms with van der Waals surface area (Å²) in [5.41, 5.74) is 1.05. The normalized spacial score (nSPS) is 14.1. The minimum Gasteiger partial charge on any atom is -0.396 e. The second-order valence-corrected chi connectivity index (χ2v) is 4.29. The van der Waals surface area contributed by atoms with Crippen molar-refractivity contribution in [3.8, 4) is 0 Å². The predicted octanol–water partition coefficient (Wildman–Crippen LogP) is 2.07. The molecular formula is C14H21NO2. The standard InChI is InChI=1S/C14H21NO2/c1-3-13(12-7-5-4-6-8-12)14(17)15-11(2)9-10-16/h4-8,11,13,16H,3,9-10H2,1-2H3,(H,15,17). The summed E-state index contributed by atoms with van der Waals surface area (Å²) in [4.78, 5) is 12.1. The van der Waals surface area contributed by atoms with Crippen LogP contribution in [0, 0.1) is 0 Å². The predicted molar refractivity (Wildman–Crippen MR) is 68.8 cm³/mol. The van der Waals surface area contributed by atoms with Crippen LogP contribution in [0.4, 0.5) is 0 Å². The van der Waals surface area contributed by atoms with Gasteiger partial charge in [0.25, 0.3) is 0 Å². The van der Waals surface area contributed by atoms with Gasteiger partial charge in [0.15, 0.2) is 0 Å². The van der Waals surface area contributed by atoms with Crippen LogP contribution in [-0.2, 0) is 4.79 Å². The molecule has 94 valence electrons. The smallest absolute Gasteiger partial charge is 0.227 e. The summed E-state index contributed by atoms with van der Waals surface area (Å²) >= 11 is 0. The second kappa shape index (κ2) is 7.07. The van der Waals surface area contributed by atoms with Crippen LogP contribution in [0.3, 0.4) is 0 Å². The van der Waals surface area contributed by atoms with E-state index in [4.69, 9.17) is 5.11 Å². The summed E-state index contributed by atoms with van der Waals surface area (Å²) < 4.78 is 0. The maximum atomic E-state index is 12.1. The molecule has 3 heteroatoms. The van der Waals surface area contributed by atoms with Crippen LogP contribution >= 0.6 is 0 Å². The highest BCUT2D eigenvalue weighted by atomic mass is 16.3. The summed E-state index contributed by atoms with van der Waals surface area (Å²) in [6, 6.07) is 9.81. The van der Waals surface area contributed by atoms with Crippen LogP contribution in [0.15, 0.2) is 30.3 Å². The second-order valence-electron chi connectivity index (χ2n) is 4.29. The Kier molecular flexibility index (Phi) is 5.70. The van der Waals surface area contributed by atoms with Gasteiger partial charge in [0.05, 0.1) is 5.92 Å².